The molecular formula is C23H20N4O3S. The van der Waals surface area contributed by atoms with Crippen molar-refractivity contribution in [1.82, 2.24) is 14.8 Å². The van der Waals surface area contributed by atoms with E-state index < -0.39 is 0 Å². The molecule has 0 saturated carbocycles. The van der Waals surface area contributed by atoms with E-state index in [1.165, 1.54) is 11.8 Å². The number of thioether (sulfide) groups is 1. The van der Waals surface area contributed by atoms with Gasteiger partial charge in [-0.25, -0.2) is 0 Å². The Bertz CT molecular complexity index is 1160. The highest BCUT2D eigenvalue weighted by molar-refractivity contribution is 7.99. The maximum Gasteiger partial charge on any atom is 0.234 e. The SMILES string of the molecule is COc1ccccc1-n1cnnc1SCC(=O)Nc1ccccc1Oc1ccccc1. The van der Waals surface area contributed by atoms with Crippen LogP contribution < -0.4 is 14.8 Å². The van der Waals surface area contributed by atoms with Crippen LogP contribution in [0.3, 0.4) is 0 Å². The predicted octanol–water partition coefficient (Wildman–Crippen LogP) is 4.80. The Labute approximate surface area is 184 Å². The lowest BCUT2D eigenvalue weighted by atomic mass is 10.3. The molecule has 0 aliphatic carbocycles. The number of nitrogens with zero attached hydrogens (tertiary/aromatic N) is 3. The Morgan fingerprint density at radius 3 is 2.48 bits per heavy atom. The molecule has 1 amide bonds. The molecule has 0 atom stereocenters. The number of nitrogens with one attached hydrogen (secondary N) is 1. The van der Waals surface area contributed by atoms with Crippen LogP contribution in [0.25, 0.3) is 5.69 Å². The number of methoxy groups -OCH3 is 1. The number of benzene rings is 3. The van der Waals surface area contributed by atoms with Crippen LogP contribution in [0.2, 0.25) is 0 Å². The third kappa shape index (κ3) is 5.04. The van der Waals surface area contributed by atoms with Crippen LogP contribution in [0.15, 0.2) is 90.3 Å². The van der Waals surface area contributed by atoms with Crippen molar-refractivity contribution in [2.24, 2.45) is 0 Å². The molecule has 0 fully saturated rings. The molecule has 31 heavy (non-hydrogen) atoms. The van der Waals surface area contributed by atoms with Crippen LogP contribution in [0, 0.1) is 0 Å². The van der Waals surface area contributed by atoms with E-state index in [4.69, 9.17) is 9.47 Å². The molecule has 1 aromatic heterocycles. The third-order valence-corrected chi connectivity index (χ3v) is 5.27. The summed E-state index contributed by atoms with van der Waals surface area (Å²) >= 11 is 1.29. The minimum atomic E-state index is -0.177. The highest BCUT2D eigenvalue weighted by Crippen LogP contribution is 2.30. The predicted molar refractivity (Wildman–Crippen MR) is 120 cm³/mol. The van der Waals surface area contributed by atoms with E-state index in [1.807, 2.05) is 72.8 Å². The molecule has 4 rings (SSSR count). The van der Waals surface area contributed by atoms with Crippen molar-refractivity contribution >= 4 is 23.4 Å². The molecule has 3 aromatic carbocycles. The Morgan fingerprint density at radius 2 is 1.68 bits per heavy atom. The lowest BCUT2D eigenvalue weighted by Gasteiger charge is -2.12. The van der Waals surface area contributed by atoms with Gasteiger partial charge in [-0.05, 0) is 36.4 Å². The number of para-hydroxylation sites is 5. The first-order valence-corrected chi connectivity index (χ1v) is 10.5. The summed E-state index contributed by atoms with van der Waals surface area (Å²) < 4.78 is 13.1. The van der Waals surface area contributed by atoms with Gasteiger partial charge in [0.05, 0.1) is 24.2 Å². The molecular weight excluding hydrogens is 412 g/mol. The van der Waals surface area contributed by atoms with Crippen LogP contribution in [-0.4, -0.2) is 33.5 Å². The number of hydrogen-bond acceptors (Lipinski definition) is 6. The zero-order valence-electron chi connectivity index (χ0n) is 16.8. The van der Waals surface area contributed by atoms with Gasteiger partial charge in [0.15, 0.2) is 10.9 Å². The first kappa shape index (κ1) is 20.5. The van der Waals surface area contributed by atoms with Gasteiger partial charge in [0.25, 0.3) is 0 Å². The number of ether oxygens (including phenoxy) is 2. The van der Waals surface area contributed by atoms with Gasteiger partial charge in [-0.2, -0.15) is 0 Å². The van der Waals surface area contributed by atoms with Crippen molar-refractivity contribution in [3.05, 3.63) is 85.2 Å². The number of carbonyl (C=O) groups excluding carboxylic acids is 1. The zero-order chi connectivity index (χ0) is 21.5. The average molecular weight is 433 g/mol. The molecule has 0 spiro atoms. The molecule has 1 heterocycles. The van der Waals surface area contributed by atoms with Crippen LogP contribution in [-0.2, 0) is 4.79 Å². The first-order chi connectivity index (χ1) is 15.2. The van der Waals surface area contributed by atoms with Crippen molar-refractivity contribution < 1.29 is 14.3 Å². The minimum absolute atomic E-state index is 0.160. The standard InChI is InChI=1S/C23H20N4O3S/c1-29-21-14-8-6-12-19(21)27-16-24-26-23(27)31-15-22(28)25-18-11-5-7-13-20(18)30-17-9-3-2-4-10-17/h2-14,16H,15H2,1H3,(H,25,28). The fourth-order valence-corrected chi connectivity index (χ4v) is 3.63. The van der Waals surface area contributed by atoms with E-state index in [1.54, 1.807) is 24.1 Å². The van der Waals surface area contributed by atoms with Gasteiger partial charge >= 0.3 is 0 Å². The number of hydrogen-bond donors (Lipinski definition) is 1. The van der Waals surface area contributed by atoms with Gasteiger partial charge in [-0.15, -0.1) is 10.2 Å². The van der Waals surface area contributed by atoms with E-state index in [-0.39, 0.29) is 11.7 Å². The maximum absolute atomic E-state index is 12.6. The summed E-state index contributed by atoms with van der Waals surface area (Å²) in [5.41, 5.74) is 1.41. The lowest BCUT2D eigenvalue weighted by molar-refractivity contribution is -0.113. The monoisotopic (exact) mass is 432 g/mol. The maximum atomic E-state index is 12.6. The second-order valence-electron chi connectivity index (χ2n) is 6.40. The fourth-order valence-electron chi connectivity index (χ4n) is 2.91. The molecule has 0 radical (unpaired) electrons. The average Bonchev–Trinajstić information content (AvgIpc) is 3.28. The summed E-state index contributed by atoms with van der Waals surface area (Å²) in [5, 5.41) is 11.6. The van der Waals surface area contributed by atoms with Crippen molar-refractivity contribution in [3.8, 4) is 22.9 Å². The van der Waals surface area contributed by atoms with E-state index in [0.29, 0.717) is 28.1 Å². The van der Waals surface area contributed by atoms with Crippen LogP contribution in [0.1, 0.15) is 0 Å². The topological polar surface area (TPSA) is 78.3 Å². The molecule has 4 aromatic rings. The Balaban J connectivity index is 1.43. The summed E-state index contributed by atoms with van der Waals surface area (Å²) in [7, 11) is 1.61. The molecule has 156 valence electrons. The number of aromatic nitrogens is 3. The lowest BCUT2D eigenvalue weighted by Crippen LogP contribution is -2.15. The number of carbonyl (C=O) groups is 1. The van der Waals surface area contributed by atoms with Crippen LogP contribution >= 0.6 is 11.8 Å². The Kier molecular flexibility index (Phi) is 6.49. The van der Waals surface area contributed by atoms with Crippen LogP contribution in [0.4, 0.5) is 5.69 Å². The number of amides is 1. The smallest absolute Gasteiger partial charge is 0.234 e. The second-order valence-corrected chi connectivity index (χ2v) is 7.35. The van der Waals surface area contributed by atoms with Gasteiger partial charge < -0.3 is 14.8 Å². The Morgan fingerprint density at radius 1 is 0.968 bits per heavy atom. The molecule has 7 nitrogen and oxygen atoms in total. The Hall–Kier alpha value is -3.78. The molecule has 0 unspecified atom stereocenters. The quantitative estimate of drug-likeness (QED) is 0.403. The van der Waals surface area contributed by atoms with Crippen molar-refractivity contribution in [3.63, 3.8) is 0 Å². The van der Waals surface area contributed by atoms with Crippen molar-refractivity contribution in [2.45, 2.75) is 5.16 Å². The van der Waals surface area contributed by atoms with Gasteiger partial charge in [0, 0.05) is 0 Å². The minimum Gasteiger partial charge on any atom is -0.495 e. The largest absolute Gasteiger partial charge is 0.495 e. The molecule has 0 aliphatic heterocycles. The number of rotatable bonds is 8. The molecule has 0 bridgehead atoms. The summed E-state index contributed by atoms with van der Waals surface area (Å²) in [6, 6.07) is 24.3. The van der Waals surface area contributed by atoms with Gasteiger partial charge in [-0.1, -0.05) is 54.2 Å². The van der Waals surface area contributed by atoms with Crippen LogP contribution in [0.5, 0.6) is 17.2 Å². The van der Waals surface area contributed by atoms with E-state index >= 15 is 0 Å². The summed E-state index contributed by atoms with van der Waals surface area (Å²) in [4.78, 5) is 12.6. The normalized spacial score (nSPS) is 10.5. The number of anilines is 1. The van der Waals surface area contributed by atoms with Gasteiger partial charge in [0.1, 0.15) is 17.8 Å². The third-order valence-electron chi connectivity index (χ3n) is 4.33. The van der Waals surface area contributed by atoms with Gasteiger partial charge in [-0.3, -0.25) is 9.36 Å². The highest BCUT2D eigenvalue weighted by atomic mass is 32.2. The molecule has 1 N–H and O–H groups in total. The molecule has 0 saturated heterocycles. The van der Waals surface area contributed by atoms with E-state index in [0.717, 1.165) is 5.69 Å². The molecule has 8 heteroatoms. The van der Waals surface area contributed by atoms with Crippen molar-refractivity contribution in [1.29, 1.82) is 0 Å². The second kappa shape index (κ2) is 9.82. The summed E-state index contributed by atoms with van der Waals surface area (Å²) in [6.45, 7) is 0. The van der Waals surface area contributed by atoms with Gasteiger partial charge in [0.2, 0.25) is 5.91 Å². The first-order valence-electron chi connectivity index (χ1n) is 9.52. The zero-order valence-corrected chi connectivity index (χ0v) is 17.6. The summed E-state index contributed by atoms with van der Waals surface area (Å²) in [6.07, 6.45) is 1.60. The van der Waals surface area contributed by atoms with E-state index in [2.05, 4.69) is 15.5 Å². The van der Waals surface area contributed by atoms with Crippen molar-refractivity contribution in [2.75, 3.05) is 18.2 Å². The fraction of sp³-hybridized carbons (Fsp3) is 0.0870. The van der Waals surface area contributed by atoms with E-state index in [9.17, 15) is 4.79 Å². The molecule has 0 aliphatic rings. The highest BCUT2D eigenvalue weighted by Gasteiger charge is 2.14. The summed E-state index contributed by atoms with van der Waals surface area (Å²) in [5.74, 6) is 1.95.